The second kappa shape index (κ2) is 5.60. The molecular formula is C15H28N2O. The molecule has 0 radical (unpaired) electrons. The quantitative estimate of drug-likeness (QED) is 0.789. The summed E-state index contributed by atoms with van der Waals surface area (Å²) in [5.41, 5.74) is 0.501. The highest BCUT2D eigenvalue weighted by atomic mass is 16.1. The van der Waals surface area contributed by atoms with Crippen molar-refractivity contribution in [3.63, 3.8) is 0 Å². The molecule has 0 saturated heterocycles. The third kappa shape index (κ3) is 4.27. The van der Waals surface area contributed by atoms with Crippen LogP contribution in [-0.4, -0.2) is 24.5 Å². The summed E-state index contributed by atoms with van der Waals surface area (Å²) in [6, 6.07) is 1.10. The predicted octanol–water partition coefficient (Wildman–Crippen LogP) is 2.46. The summed E-state index contributed by atoms with van der Waals surface area (Å²) < 4.78 is 0. The van der Waals surface area contributed by atoms with Crippen molar-refractivity contribution in [2.24, 2.45) is 11.3 Å². The zero-order chi connectivity index (χ0) is 13.2. The van der Waals surface area contributed by atoms with Crippen molar-refractivity contribution < 1.29 is 4.79 Å². The molecule has 0 aromatic carbocycles. The maximum Gasteiger partial charge on any atom is 0.221 e. The van der Waals surface area contributed by atoms with Crippen LogP contribution in [0.25, 0.3) is 0 Å². The van der Waals surface area contributed by atoms with Gasteiger partial charge < -0.3 is 10.6 Å². The maximum atomic E-state index is 11.6. The summed E-state index contributed by atoms with van der Waals surface area (Å²) >= 11 is 0. The zero-order valence-electron chi connectivity index (χ0n) is 12.1. The second-order valence-corrected chi connectivity index (χ2v) is 7.04. The molecule has 18 heavy (non-hydrogen) atoms. The molecular weight excluding hydrogens is 224 g/mol. The molecule has 2 aliphatic carbocycles. The van der Waals surface area contributed by atoms with Crippen LogP contribution in [0.5, 0.6) is 0 Å². The first-order valence-electron chi connectivity index (χ1n) is 7.49. The van der Waals surface area contributed by atoms with E-state index in [1.807, 2.05) is 0 Å². The molecule has 1 amide bonds. The second-order valence-electron chi connectivity index (χ2n) is 7.04. The van der Waals surface area contributed by atoms with Crippen molar-refractivity contribution in [2.45, 2.75) is 71.4 Å². The monoisotopic (exact) mass is 252 g/mol. The third-order valence-corrected chi connectivity index (χ3v) is 4.39. The minimum Gasteiger partial charge on any atom is -0.353 e. The molecule has 104 valence electrons. The van der Waals surface area contributed by atoms with Gasteiger partial charge in [0.25, 0.3) is 0 Å². The molecule has 3 heteroatoms. The van der Waals surface area contributed by atoms with E-state index in [1.165, 1.54) is 32.1 Å². The largest absolute Gasteiger partial charge is 0.353 e. The van der Waals surface area contributed by atoms with E-state index in [-0.39, 0.29) is 5.91 Å². The molecule has 2 fully saturated rings. The van der Waals surface area contributed by atoms with Gasteiger partial charge in [0.05, 0.1) is 0 Å². The van der Waals surface area contributed by atoms with E-state index in [0.717, 1.165) is 12.5 Å². The van der Waals surface area contributed by atoms with E-state index in [4.69, 9.17) is 0 Å². The Morgan fingerprint density at radius 1 is 1.28 bits per heavy atom. The lowest BCUT2D eigenvalue weighted by molar-refractivity contribution is -0.121. The number of hydrogen-bond donors (Lipinski definition) is 2. The van der Waals surface area contributed by atoms with Gasteiger partial charge in [-0.25, -0.2) is 0 Å². The zero-order valence-corrected chi connectivity index (χ0v) is 12.1. The number of amides is 1. The molecule has 2 unspecified atom stereocenters. The Kier molecular flexibility index (Phi) is 4.31. The molecule has 0 aromatic heterocycles. The van der Waals surface area contributed by atoms with Crippen LogP contribution >= 0.6 is 0 Å². The van der Waals surface area contributed by atoms with Gasteiger partial charge in [-0.2, -0.15) is 0 Å². The summed E-state index contributed by atoms with van der Waals surface area (Å²) in [4.78, 5) is 11.6. The Bertz CT molecular complexity index is 297. The van der Waals surface area contributed by atoms with Crippen molar-refractivity contribution in [3.8, 4) is 0 Å². The van der Waals surface area contributed by atoms with Gasteiger partial charge >= 0.3 is 0 Å². The van der Waals surface area contributed by atoms with E-state index in [2.05, 4.69) is 31.4 Å². The summed E-state index contributed by atoms with van der Waals surface area (Å²) in [6.07, 6.45) is 6.81. The Morgan fingerprint density at radius 3 is 2.61 bits per heavy atom. The first-order valence-corrected chi connectivity index (χ1v) is 7.49. The molecule has 0 aliphatic heterocycles. The van der Waals surface area contributed by atoms with Crippen LogP contribution in [-0.2, 0) is 4.79 Å². The lowest BCUT2D eigenvalue weighted by Crippen LogP contribution is -2.43. The van der Waals surface area contributed by atoms with Crippen molar-refractivity contribution >= 4 is 5.91 Å². The average Bonchev–Trinajstić information content (AvgIpc) is 3.04. The Hall–Kier alpha value is -0.570. The van der Waals surface area contributed by atoms with Crippen molar-refractivity contribution in [3.05, 3.63) is 0 Å². The Balaban J connectivity index is 1.62. The van der Waals surface area contributed by atoms with E-state index >= 15 is 0 Å². The number of rotatable bonds is 5. The van der Waals surface area contributed by atoms with Crippen LogP contribution in [0.3, 0.4) is 0 Å². The van der Waals surface area contributed by atoms with E-state index in [0.29, 0.717) is 23.9 Å². The van der Waals surface area contributed by atoms with E-state index < -0.39 is 0 Å². The van der Waals surface area contributed by atoms with Crippen molar-refractivity contribution in [1.82, 2.24) is 10.6 Å². The fourth-order valence-corrected chi connectivity index (χ4v) is 3.15. The molecule has 3 nitrogen and oxygen atoms in total. The standard InChI is InChI=1S/C15H28N2O/c1-11-10-15(2,3)8-6-13(11)16-9-7-14(18)17-12-4-5-12/h11-13,16H,4-10H2,1-3H3,(H,17,18). The molecule has 2 atom stereocenters. The van der Waals surface area contributed by atoms with Gasteiger partial charge in [-0.15, -0.1) is 0 Å². The van der Waals surface area contributed by atoms with Crippen LogP contribution in [0.1, 0.15) is 59.3 Å². The van der Waals surface area contributed by atoms with Gasteiger partial charge in [0.15, 0.2) is 0 Å². The van der Waals surface area contributed by atoms with Gasteiger partial charge in [0.2, 0.25) is 5.91 Å². The van der Waals surface area contributed by atoms with Crippen LogP contribution in [0, 0.1) is 11.3 Å². The van der Waals surface area contributed by atoms with Crippen LogP contribution < -0.4 is 10.6 Å². The molecule has 0 heterocycles. The summed E-state index contributed by atoms with van der Waals surface area (Å²) in [5.74, 6) is 0.939. The molecule has 2 rings (SSSR count). The summed E-state index contributed by atoms with van der Waals surface area (Å²) in [7, 11) is 0. The number of carbonyl (C=O) groups is 1. The first-order chi connectivity index (χ1) is 8.46. The molecule has 2 saturated carbocycles. The maximum absolute atomic E-state index is 11.6. The van der Waals surface area contributed by atoms with E-state index in [9.17, 15) is 4.79 Å². The Labute approximate surface area is 111 Å². The number of hydrogen-bond acceptors (Lipinski definition) is 2. The molecule has 0 spiro atoms. The fourth-order valence-electron chi connectivity index (χ4n) is 3.15. The van der Waals surface area contributed by atoms with Crippen molar-refractivity contribution in [2.75, 3.05) is 6.54 Å². The van der Waals surface area contributed by atoms with Crippen LogP contribution in [0.4, 0.5) is 0 Å². The third-order valence-electron chi connectivity index (χ3n) is 4.39. The van der Waals surface area contributed by atoms with Gasteiger partial charge in [0.1, 0.15) is 0 Å². The summed E-state index contributed by atoms with van der Waals surface area (Å²) in [5, 5.41) is 6.61. The number of carbonyl (C=O) groups excluding carboxylic acids is 1. The lowest BCUT2D eigenvalue weighted by atomic mass is 9.70. The summed E-state index contributed by atoms with van der Waals surface area (Å²) in [6.45, 7) is 7.89. The molecule has 2 N–H and O–H groups in total. The van der Waals surface area contributed by atoms with Gasteiger partial charge in [0, 0.05) is 25.0 Å². The predicted molar refractivity (Wildman–Crippen MR) is 74.4 cm³/mol. The minimum absolute atomic E-state index is 0.216. The minimum atomic E-state index is 0.216. The van der Waals surface area contributed by atoms with Crippen molar-refractivity contribution in [1.29, 1.82) is 0 Å². The molecule has 0 bridgehead atoms. The molecule has 2 aliphatic rings. The highest BCUT2D eigenvalue weighted by Crippen LogP contribution is 2.38. The highest BCUT2D eigenvalue weighted by molar-refractivity contribution is 5.76. The lowest BCUT2D eigenvalue weighted by Gasteiger charge is -2.39. The first kappa shape index (κ1) is 13.9. The highest BCUT2D eigenvalue weighted by Gasteiger charge is 2.32. The Morgan fingerprint density at radius 2 is 2.00 bits per heavy atom. The van der Waals surface area contributed by atoms with Gasteiger partial charge in [-0.1, -0.05) is 20.8 Å². The number of nitrogens with one attached hydrogen (secondary N) is 2. The average molecular weight is 252 g/mol. The van der Waals surface area contributed by atoms with Crippen LogP contribution in [0.2, 0.25) is 0 Å². The smallest absolute Gasteiger partial charge is 0.221 e. The van der Waals surface area contributed by atoms with Gasteiger partial charge in [-0.05, 0) is 43.4 Å². The topological polar surface area (TPSA) is 41.1 Å². The van der Waals surface area contributed by atoms with E-state index in [1.54, 1.807) is 0 Å². The van der Waals surface area contributed by atoms with Crippen LogP contribution in [0.15, 0.2) is 0 Å². The fraction of sp³-hybridized carbons (Fsp3) is 0.933. The van der Waals surface area contributed by atoms with Gasteiger partial charge in [-0.3, -0.25) is 4.79 Å². The normalized spacial score (nSPS) is 31.1. The SMILES string of the molecule is CC1CC(C)(C)CCC1NCCC(=O)NC1CC1. The molecule has 0 aromatic rings.